The van der Waals surface area contributed by atoms with Crippen LogP contribution in [0.4, 0.5) is 11.4 Å². The molecule has 10 nitrogen and oxygen atoms in total. The van der Waals surface area contributed by atoms with Crippen LogP contribution in [-0.4, -0.2) is 30.0 Å². The van der Waals surface area contributed by atoms with E-state index in [1.165, 1.54) is 23.1 Å². The second kappa shape index (κ2) is 6.15. The maximum Gasteiger partial charge on any atom is 0.328 e. The average Bonchev–Trinajstić information content (AvgIpc) is 2.45. The predicted molar refractivity (Wildman–Crippen MR) is 69.0 cm³/mol. The summed E-state index contributed by atoms with van der Waals surface area (Å²) in [5.41, 5.74) is 1.81. The number of ether oxygens (including phenoxy) is 1. The first kappa shape index (κ1) is 14.7. The molecular formula is C11H12N4O6. The van der Waals surface area contributed by atoms with Gasteiger partial charge < -0.3 is 14.5 Å². The molecular weight excluding hydrogens is 284 g/mol. The van der Waals surface area contributed by atoms with Gasteiger partial charge in [0.2, 0.25) is 0 Å². The summed E-state index contributed by atoms with van der Waals surface area (Å²) in [6.07, 6.45) is -0.127. The van der Waals surface area contributed by atoms with Gasteiger partial charge in [-0.25, -0.2) is 5.84 Å². The van der Waals surface area contributed by atoms with Gasteiger partial charge in [0, 0.05) is 18.7 Å². The standard InChI is InChI=1S/C11H12N4O6/c12-13-21-11(17)3-4-14-8-5-7(15(18)19)1-2-9(8)20-6-10(14)16/h1-2,5,13H,3-4,6,12H2. The number of hydrazine groups is 1. The fourth-order valence-electron chi connectivity index (χ4n) is 1.87. The number of hydrogen-bond donors (Lipinski definition) is 2. The molecule has 1 aromatic rings. The summed E-state index contributed by atoms with van der Waals surface area (Å²) in [4.78, 5) is 38.9. The van der Waals surface area contributed by atoms with E-state index in [0.29, 0.717) is 5.75 Å². The highest BCUT2D eigenvalue weighted by molar-refractivity contribution is 5.98. The Balaban J connectivity index is 2.22. The first-order valence-electron chi connectivity index (χ1n) is 5.90. The third-order valence-electron chi connectivity index (χ3n) is 2.81. The van der Waals surface area contributed by atoms with Gasteiger partial charge in [-0.15, -0.1) is 0 Å². The number of nitro groups is 1. The highest BCUT2D eigenvalue weighted by atomic mass is 16.7. The Morgan fingerprint density at radius 3 is 3.00 bits per heavy atom. The predicted octanol–water partition coefficient (Wildman–Crippen LogP) is -0.368. The molecule has 1 heterocycles. The number of nitrogens with one attached hydrogen (secondary N) is 1. The minimum atomic E-state index is -0.663. The quantitative estimate of drug-likeness (QED) is 0.426. The Morgan fingerprint density at radius 1 is 1.57 bits per heavy atom. The van der Waals surface area contributed by atoms with Crippen molar-refractivity contribution >= 4 is 23.3 Å². The number of non-ortho nitro benzene ring substituents is 1. The van der Waals surface area contributed by atoms with Crippen LogP contribution in [-0.2, 0) is 14.4 Å². The Kier molecular flexibility index (Phi) is 4.30. The van der Waals surface area contributed by atoms with Crippen molar-refractivity contribution in [1.29, 1.82) is 0 Å². The zero-order chi connectivity index (χ0) is 15.4. The van der Waals surface area contributed by atoms with Crippen LogP contribution in [0.3, 0.4) is 0 Å². The van der Waals surface area contributed by atoms with E-state index in [0.717, 1.165) is 0 Å². The van der Waals surface area contributed by atoms with Crippen molar-refractivity contribution in [2.24, 2.45) is 5.84 Å². The topological polar surface area (TPSA) is 137 Å². The molecule has 0 fully saturated rings. The van der Waals surface area contributed by atoms with E-state index < -0.39 is 16.8 Å². The summed E-state index contributed by atoms with van der Waals surface area (Å²) < 4.78 is 5.19. The summed E-state index contributed by atoms with van der Waals surface area (Å²) in [5.74, 6) is 4.10. The fourth-order valence-corrected chi connectivity index (χ4v) is 1.87. The number of carbonyl (C=O) groups is 2. The summed E-state index contributed by atoms with van der Waals surface area (Å²) in [6, 6.07) is 3.91. The molecule has 0 bridgehead atoms. The fraction of sp³-hybridized carbons (Fsp3) is 0.273. The number of nitro benzene ring substituents is 1. The van der Waals surface area contributed by atoms with Crippen LogP contribution in [0.2, 0.25) is 0 Å². The normalized spacial score (nSPS) is 13.4. The van der Waals surface area contributed by atoms with Crippen LogP contribution in [0, 0.1) is 10.1 Å². The van der Waals surface area contributed by atoms with E-state index in [1.807, 2.05) is 0 Å². The zero-order valence-corrected chi connectivity index (χ0v) is 10.8. The number of nitrogens with zero attached hydrogens (tertiary/aromatic N) is 2. The molecule has 0 radical (unpaired) electrons. The summed E-state index contributed by atoms with van der Waals surface area (Å²) in [6.45, 7) is -0.203. The SMILES string of the molecule is NNOC(=O)CCN1C(=O)COc2ccc([N+](=O)[O-])cc21. The summed E-state index contributed by atoms with van der Waals surface area (Å²) in [5, 5.41) is 10.8. The van der Waals surface area contributed by atoms with Crippen LogP contribution in [0.25, 0.3) is 0 Å². The van der Waals surface area contributed by atoms with Crippen molar-refractivity contribution in [1.82, 2.24) is 5.59 Å². The van der Waals surface area contributed by atoms with Crippen LogP contribution in [0.1, 0.15) is 6.42 Å². The first-order chi connectivity index (χ1) is 10.0. The minimum Gasteiger partial charge on any atom is -0.482 e. The maximum absolute atomic E-state index is 11.8. The summed E-state index contributed by atoms with van der Waals surface area (Å²) in [7, 11) is 0. The zero-order valence-electron chi connectivity index (χ0n) is 10.8. The van der Waals surface area contributed by atoms with E-state index in [4.69, 9.17) is 10.6 Å². The van der Waals surface area contributed by atoms with E-state index in [9.17, 15) is 19.7 Å². The molecule has 0 unspecified atom stereocenters. The van der Waals surface area contributed by atoms with Crippen LogP contribution < -0.4 is 21.1 Å². The van der Waals surface area contributed by atoms with Gasteiger partial charge in [0.1, 0.15) is 5.75 Å². The van der Waals surface area contributed by atoms with Gasteiger partial charge in [-0.1, -0.05) is 5.59 Å². The number of anilines is 1. The van der Waals surface area contributed by atoms with Crippen molar-refractivity contribution in [3.05, 3.63) is 28.3 Å². The molecule has 1 aromatic carbocycles. The van der Waals surface area contributed by atoms with E-state index >= 15 is 0 Å². The van der Waals surface area contributed by atoms with Gasteiger partial charge in [-0.2, -0.15) is 0 Å². The molecule has 0 aliphatic carbocycles. The molecule has 1 aliphatic rings. The van der Waals surface area contributed by atoms with Crippen molar-refractivity contribution in [2.45, 2.75) is 6.42 Å². The Labute approximate surface area is 118 Å². The van der Waals surface area contributed by atoms with Gasteiger partial charge in [0.25, 0.3) is 11.6 Å². The van der Waals surface area contributed by atoms with E-state index in [2.05, 4.69) is 4.84 Å². The molecule has 0 atom stereocenters. The third-order valence-corrected chi connectivity index (χ3v) is 2.81. The molecule has 0 spiro atoms. The average molecular weight is 296 g/mol. The molecule has 0 saturated carbocycles. The summed E-state index contributed by atoms with van der Waals surface area (Å²) >= 11 is 0. The second-order valence-electron chi connectivity index (χ2n) is 4.09. The highest BCUT2D eigenvalue weighted by Crippen LogP contribution is 2.35. The smallest absolute Gasteiger partial charge is 0.328 e. The molecule has 3 N–H and O–H groups in total. The first-order valence-corrected chi connectivity index (χ1v) is 5.90. The number of carbonyl (C=O) groups excluding carboxylic acids is 2. The number of amides is 1. The second-order valence-corrected chi connectivity index (χ2v) is 4.09. The molecule has 21 heavy (non-hydrogen) atoms. The number of hydrogen-bond acceptors (Lipinski definition) is 8. The van der Waals surface area contributed by atoms with Crippen molar-refractivity contribution in [3.8, 4) is 5.75 Å². The minimum absolute atomic E-state index is 0.00310. The van der Waals surface area contributed by atoms with Crippen LogP contribution in [0.5, 0.6) is 5.75 Å². The Morgan fingerprint density at radius 2 is 2.33 bits per heavy atom. The Hall–Kier alpha value is -2.72. The van der Waals surface area contributed by atoms with Gasteiger partial charge in [-0.3, -0.25) is 19.7 Å². The van der Waals surface area contributed by atoms with Crippen LogP contribution in [0.15, 0.2) is 18.2 Å². The Bertz CT molecular complexity index is 590. The molecule has 0 saturated heterocycles. The molecule has 1 aliphatic heterocycles. The number of nitrogens with two attached hydrogens (primary N) is 1. The van der Waals surface area contributed by atoms with Gasteiger partial charge in [0.15, 0.2) is 6.61 Å². The number of benzene rings is 1. The number of fused-ring (bicyclic) bond motifs is 1. The van der Waals surface area contributed by atoms with E-state index in [1.54, 1.807) is 5.59 Å². The lowest BCUT2D eigenvalue weighted by Crippen LogP contribution is -2.40. The maximum atomic E-state index is 11.8. The molecule has 10 heteroatoms. The van der Waals surface area contributed by atoms with E-state index in [-0.39, 0.29) is 30.9 Å². The number of rotatable bonds is 5. The van der Waals surface area contributed by atoms with Gasteiger partial charge >= 0.3 is 5.97 Å². The van der Waals surface area contributed by atoms with Crippen molar-refractivity contribution in [2.75, 3.05) is 18.1 Å². The largest absolute Gasteiger partial charge is 0.482 e. The highest BCUT2D eigenvalue weighted by Gasteiger charge is 2.28. The monoisotopic (exact) mass is 296 g/mol. The lowest BCUT2D eigenvalue weighted by atomic mass is 10.2. The van der Waals surface area contributed by atoms with Crippen molar-refractivity contribution < 1.29 is 24.1 Å². The van der Waals surface area contributed by atoms with Crippen LogP contribution >= 0.6 is 0 Å². The van der Waals surface area contributed by atoms with Gasteiger partial charge in [0.05, 0.1) is 17.0 Å². The molecule has 0 aromatic heterocycles. The van der Waals surface area contributed by atoms with Gasteiger partial charge in [-0.05, 0) is 6.07 Å². The lowest BCUT2D eigenvalue weighted by Gasteiger charge is -2.28. The molecule has 1 amide bonds. The lowest BCUT2D eigenvalue weighted by molar-refractivity contribution is -0.384. The van der Waals surface area contributed by atoms with Crippen molar-refractivity contribution in [3.63, 3.8) is 0 Å². The molecule has 112 valence electrons. The third kappa shape index (κ3) is 3.24. The molecule has 2 rings (SSSR count).